The van der Waals surface area contributed by atoms with Crippen LogP contribution in [0.4, 0.5) is 0 Å². The predicted octanol–water partition coefficient (Wildman–Crippen LogP) is 1.67. The SMILES string of the molecule is Br.CC1C(C(=O)NCCC(=O)O)SC(=NC(=O)c2ccc(C(=N)N(C)C)cc2)N1C. The molecule has 0 radical (unpaired) electrons. The van der Waals surface area contributed by atoms with Crippen molar-refractivity contribution in [3.63, 3.8) is 0 Å². The van der Waals surface area contributed by atoms with Crippen LogP contribution in [0.25, 0.3) is 0 Å². The molecule has 1 aromatic carbocycles. The number of rotatable bonds is 6. The molecule has 0 spiro atoms. The molecule has 30 heavy (non-hydrogen) atoms. The van der Waals surface area contributed by atoms with Crippen LogP contribution in [-0.4, -0.2) is 82.7 Å². The second-order valence-corrected chi connectivity index (χ2v) is 7.95. The summed E-state index contributed by atoms with van der Waals surface area (Å²) >= 11 is 1.18. The van der Waals surface area contributed by atoms with Crippen molar-refractivity contribution < 1.29 is 19.5 Å². The van der Waals surface area contributed by atoms with Gasteiger partial charge in [0.2, 0.25) is 5.91 Å². The number of thioether (sulfide) groups is 1. The molecule has 0 aliphatic carbocycles. The molecule has 0 saturated carbocycles. The van der Waals surface area contributed by atoms with E-state index in [1.807, 2.05) is 6.92 Å². The molecule has 0 aromatic heterocycles. The van der Waals surface area contributed by atoms with Crippen LogP contribution in [0.1, 0.15) is 29.3 Å². The Balaban J connectivity index is 0.00000450. The maximum atomic E-state index is 12.5. The highest BCUT2D eigenvalue weighted by molar-refractivity contribution is 8.93. The lowest BCUT2D eigenvalue weighted by Crippen LogP contribution is -2.41. The lowest BCUT2D eigenvalue weighted by Gasteiger charge is -2.19. The van der Waals surface area contributed by atoms with E-state index in [0.29, 0.717) is 22.1 Å². The Morgan fingerprint density at radius 2 is 1.80 bits per heavy atom. The first kappa shape index (κ1) is 25.6. The van der Waals surface area contributed by atoms with Crippen LogP contribution in [0.15, 0.2) is 29.3 Å². The minimum Gasteiger partial charge on any atom is -0.481 e. The normalized spacial score (nSPS) is 19.2. The maximum Gasteiger partial charge on any atom is 0.305 e. The minimum atomic E-state index is -0.978. The lowest BCUT2D eigenvalue weighted by atomic mass is 10.1. The van der Waals surface area contributed by atoms with Crippen LogP contribution in [-0.2, 0) is 9.59 Å². The number of amides is 2. The first-order valence-corrected chi connectivity index (χ1v) is 9.88. The molecule has 1 aromatic rings. The van der Waals surface area contributed by atoms with Crippen molar-refractivity contribution in [3.05, 3.63) is 35.4 Å². The van der Waals surface area contributed by atoms with Gasteiger partial charge in [0.25, 0.3) is 5.91 Å². The molecule has 0 bridgehead atoms. The summed E-state index contributed by atoms with van der Waals surface area (Å²) in [6, 6.07) is 6.45. The molecule has 1 aliphatic heterocycles. The summed E-state index contributed by atoms with van der Waals surface area (Å²) in [6.45, 7) is 1.91. The molecule has 164 valence electrons. The molecule has 1 heterocycles. The van der Waals surface area contributed by atoms with Gasteiger partial charge in [-0.1, -0.05) is 23.9 Å². The zero-order valence-corrected chi connectivity index (χ0v) is 19.7. The van der Waals surface area contributed by atoms with E-state index in [0.717, 1.165) is 0 Å². The summed E-state index contributed by atoms with van der Waals surface area (Å²) in [5.74, 6) is -1.35. The zero-order chi connectivity index (χ0) is 21.7. The molecule has 2 amide bonds. The first-order valence-electron chi connectivity index (χ1n) is 9.00. The molecule has 1 fully saturated rings. The molecule has 9 nitrogen and oxygen atoms in total. The highest BCUT2D eigenvalue weighted by Crippen LogP contribution is 2.31. The number of halogens is 1. The Morgan fingerprint density at radius 3 is 2.33 bits per heavy atom. The third-order valence-electron chi connectivity index (χ3n) is 4.53. The Kier molecular flexibility index (Phi) is 9.50. The van der Waals surface area contributed by atoms with E-state index in [4.69, 9.17) is 10.5 Å². The summed E-state index contributed by atoms with van der Waals surface area (Å²) in [6.07, 6.45) is -0.145. The van der Waals surface area contributed by atoms with Gasteiger partial charge in [0.15, 0.2) is 5.17 Å². The van der Waals surface area contributed by atoms with E-state index in [9.17, 15) is 14.4 Å². The largest absolute Gasteiger partial charge is 0.481 e. The van der Waals surface area contributed by atoms with Crippen molar-refractivity contribution in [1.82, 2.24) is 15.1 Å². The van der Waals surface area contributed by atoms with Crippen molar-refractivity contribution in [1.29, 1.82) is 5.41 Å². The smallest absolute Gasteiger partial charge is 0.305 e. The number of carbonyl (C=O) groups is 3. The Labute approximate surface area is 190 Å². The summed E-state index contributed by atoms with van der Waals surface area (Å²) < 4.78 is 0. The number of aliphatic carboxylic acids is 1. The van der Waals surface area contributed by atoms with Gasteiger partial charge < -0.3 is 20.2 Å². The van der Waals surface area contributed by atoms with E-state index in [-0.39, 0.29) is 41.9 Å². The van der Waals surface area contributed by atoms with E-state index in [1.165, 1.54) is 11.8 Å². The highest BCUT2D eigenvalue weighted by Gasteiger charge is 2.39. The Hall–Kier alpha value is -2.40. The number of carboxylic acids is 1. The molecular formula is C19H26BrN5O4S. The molecule has 11 heteroatoms. The summed E-state index contributed by atoms with van der Waals surface area (Å²) in [7, 11) is 5.31. The van der Waals surface area contributed by atoms with Gasteiger partial charge in [-0.15, -0.1) is 17.0 Å². The van der Waals surface area contributed by atoms with Crippen molar-refractivity contribution in [2.24, 2.45) is 4.99 Å². The predicted molar refractivity (Wildman–Crippen MR) is 123 cm³/mol. The summed E-state index contributed by atoms with van der Waals surface area (Å²) in [5, 5.41) is 19.2. The molecule has 2 rings (SSSR count). The fourth-order valence-electron chi connectivity index (χ4n) is 2.62. The molecule has 2 unspecified atom stereocenters. The molecule has 3 N–H and O–H groups in total. The van der Waals surface area contributed by atoms with Gasteiger partial charge in [-0.05, 0) is 19.1 Å². The zero-order valence-electron chi connectivity index (χ0n) is 17.2. The highest BCUT2D eigenvalue weighted by atomic mass is 79.9. The fourth-order valence-corrected chi connectivity index (χ4v) is 3.89. The van der Waals surface area contributed by atoms with Crippen molar-refractivity contribution in [2.45, 2.75) is 24.6 Å². The summed E-state index contributed by atoms with van der Waals surface area (Å²) in [4.78, 5) is 43.0. The molecule has 1 aliphatic rings. The number of amidine groups is 2. The van der Waals surface area contributed by atoms with E-state index in [2.05, 4.69) is 10.3 Å². The average molecular weight is 500 g/mol. The fraction of sp³-hybridized carbons (Fsp3) is 0.421. The minimum absolute atomic E-state index is 0. The van der Waals surface area contributed by atoms with Crippen LogP contribution in [0.5, 0.6) is 0 Å². The monoisotopic (exact) mass is 499 g/mol. The number of nitrogens with zero attached hydrogens (tertiary/aromatic N) is 3. The standard InChI is InChI=1S/C19H25N5O4S.BrH/c1-11-15(18(28)21-10-9-14(25)26)29-19(24(11)4)22-17(27)13-7-5-12(6-8-13)16(20)23(2)3;/h5-8,11,15,20H,9-10H2,1-4H3,(H,21,28)(H,25,26);1H. The van der Waals surface area contributed by atoms with Crippen molar-refractivity contribution >= 4 is 57.5 Å². The van der Waals surface area contributed by atoms with E-state index in [1.54, 1.807) is 55.2 Å². The molecule has 2 atom stereocenters. The van der Waals surface area contributed by atoms with Crippen LogP contribution >= 0.6 is 28.7 Å². The maximum absolute atomic E-state index is 12.5. The third-order valence-corrected chi connectivity index (χ3v) is 5.98. The van der Waals surface area contributed by atoms with Gasteiger partial charge in [0.1, 0.15) is 11.1 Å². The number of benzene rings is 1. The average Bonchev–Trinajstić information content (AvgIpc) is 2.95. The van der Waals surface area contributed by atoms with Crippen molar-refractivity contribution in [3.8, 4) is 0 Å². The number of hydrogen-bond donors (Lipinski definition) is 3. The van der Waals surface area contributed by atoms with Crippen LogP contribution in [0.3, 0.4) is 0 Å². The quantitative estimate of drug-likeness (QED) is 0.401. The Bertz CT molecular complexity index is 844. The van der Waals surface area contributed by atoms with Gasteiger partial charge in [-0.2, -0.15) is 4.99 Å². The van der Waals surface area contributed by atoms with Gasteiger partial charge >= 0.3 is 5.97 Å². The Morgan fingerprint density at radius 1 is 1.23 bits per heavy atom. The van der Waals surface area contributed by atoms with Gasteiger partial charge in [-0.3, -0.25) is 19.8 Å². The molecular weight excluding hydrogens is 474 g/mol. The van der Waals surface area contributed by atoms with Crippen molar-refractivity contribution in [2.75, 3.05) is 27.7 Å². The summed E-state index contributed by atoms with van der Waals surface area (Å²) in [5.41, 5.74) is 1.09. The number of carboxylic acid groups (broad SMARTS) is 1. The second-order valence-electron chi connectivity index (χ2n) is 6.84. The van der Waals surface area contributed by atoms with Crippen LogP contribution in [0, 0.1) is 5.41 Å². The number of nitrogens with one attached hydrogen (secondary N) is 2. The van der Waals surface area contributed by atoms with Gasteiger partial charge in [0, 0.05) is 44.9 Å². The van der Waals surface area contributed by atoms with Crippen LogP contribution < -0.4 is 5.32 Å². The number of aliphatic imine (C=N–C) groups is 1. The van der Waals surface area contributed by atoms with Crippen LogP contribution in [0.2, 0.25) is 0 Å². The molecule has 1 saturated heterocycles. The first-order chi connectivity index (χ1) is 13.6. The number of hydrogen-bond acceptors (Lipinski definition) is 5. The van der Waals surface area contributed by atoms with E-state index < -0.39 is 17.1 Å². The van der Waals surface area contributed by atoms with E-state index >= 15 is 0 Å². The lowest BCUT2D eigenvalue weighted by molar-refractivity contribution is -0.136. The van der Waals surface area contributed by atoms with Gasteiger partial charge in [-0.25, -0.2) is 0 Å². The van der Waals surface area contributed by atoms with Gasteiger partial charge in [0.05, 0.1) is 6.42 Å². The number of carbonyl (C=O) groups excluding carboxylic acids is 2. The topological polar surface area (TPSA) is 126 Å². The third kappa shape index (κ3) is 6.30. The second kappa shape index (κ2) is 11.1.